The van der Waals surface area contributed by atoms with Crippen LogP contribution in [0.4, 0.5) is 0 Å². The minimum absolute atomic E-state index is 0.000727. The lowest BCUT2D eigenvalue weighted by atomic mass is 10.2. The van der Waals surface area contributed by atoms with E-state index >= 15 is 0 Å². The highest BCUT2D eigenvalue weighted by Gasteiger charge is 2.09. The molecule has 3 heterocycles. The second-order valence-electron chi connectivity index (χ2n) is 4.49. The van der Waals surface area contributed by atoms with Crippen molar-refractivity contribution in [1.82, 2.24) is 14.5 Å². The number of aromatic nitrogens is 3. The van der Waals surface area contributed by atoms with Crippen molar-refractivity contribution in [2.45, 2.75) is 13.2 Å². The fraction of sp³-hybridized carbons (Fsp3) is 0.200. The normalized spacial score (nSPS) is 10.9. The lowest BCUT2D eigenvalue weighted by molar-refractivity contribution is 0.283. The van der Waals surface area contributed by atoms with E-state index in [2.05, 4.69) is 9.97 Å². The summed E-state index contributed by atoms with van der Waals surface area (Å²) in [6.45, 7) is 0.589. The molecule has 0 aromatic carbocycles. The quantitative estimate of drug-likeness (QED) is 0.786. The van der Waals surface area contributed by atoms with Crippen LogP contribution in [0.3, 0.4) is 0 Å². The standard InChI is InChI=1S/C15H15N3O2/c1-20-14-6-2-4-12(17-14)9-18-8-11(10-19)13-5-3-7-16-15(13)18/h2-8,19H,9-10H2,1H3. The number of nitrogens with zero attached hydrogens (tertiary/aromatic N) is 3. The van der Waals surface area contributed by atoms with Gasteiger partial charge < -0.3 is 14.4 Å². The molecule has 0 aliphatic rings. The molecule has 0 radical (unpaired) electrons. The number of methoxy groups -OCH3 is 1. The Labute approximate surface area is 116 Å². The van der Waals surface area contributed by atoms with Crippen molar-refractivity contribution in [1.29, 1.82) is 0 Å². The van der Waals surface area contributed by atoms with Gasteiger partial charge in [-0.1, -0.05) is 6.07 Å². The van der Waals surface area contributed by atoms with Gasteiger partial charge in [0.2, 0.25) is 5.88 Å². The zero-order chi connectivity index (χ0) is 13.9. The van der Waals surface area contributed by atoms with Crippen LogP contribution in [0, 0.1) is 0 Å². The fourth-order valence-electron chi connectivity index (χ4n) is 2.28. The van der Waals surface area contributed by atoms with Crippen LogP contribution in [0.15, 0.2) is 42.7 Å². The molecule has 0 aliphatic heterocycles. The van der Waals surface area contributed by atoms with Crippen LogP contribution in [-0.4, -0.2) is 26.8 Å². The van der Waals surface area contributed by atoms with Gasteiger partial charge >= 0.3 is 0 Å². The maximum Gasteiger partial charge on any atom is 0.213 e. The summed E-state index contributed by atoms with van der Waals surface area (Å²) >= 11 is 0. The van der Waals surface area contributed by atoms with Crippen LogP contribution in [0.1, 0.15) is 11.3 Å². The SMILES string of the molecule is COc1cccc(Cn2cc(CO)c3cccnc32)n1. The van der Waals surface area contributed by atoms with Gasteiger partial charge in [-0.3, -0.25) is 0 Å². The van der Waals surface area contributed by atoms with E-state index in [0.717, 1.165) is 22.3 Å². The molecule has 0 fully saturated rings. The molecule has 5 nitrogen and oxygen atoms in total. The molecule has 0 bridgehead atoms. The Balaban J connectivity index is 2.02. The van der Waals surface area contributed by atoms with E-state index in [1.807, 2.05) is 41.1 Å². The van der Waals surface area contributed by atoms with Gasteiger partial charge in [-0.2, -0.15) is 0 Å². The van der Waals surface area contributed by atoms with E-state index in [1.54, 1.807) is 13.3 Å². The van der Waals surface area contributed by atoms with Crippen molar-refractivity contribution in [3.63, 3.8) is 0 Å². The van der Waals surface area contributed by atoms with Gasteiger partial charge in [0.05, 0.1) is 26.0 Å². The number of pyridine rings is 2. The number of hydrogen-bond donors (Lipinski definition) is 1. The molecular formula is C15H15N3O2. The van der Waals surface area contributed by atoms with Crippen LogP contribution in [-0.2, 0) is 13.2 Å². The summed E-state index contributed by atoms with van der Waals surface area (Å²) in [5, 5.41) is 10.4. The minimum atomic E-state index is 0.000727. The van der Waals surface area contributed by atoms with Gasteiger partial charge in [-0.25, -0.2) is 9.97 Å². The second kappa shape index (κ2) is 5.30. The van der Waals surface area contributed by atoms with Crippen LogP contribution in [0.25, 0.3) is 11.0 Å². The van der Waals surface area contributed by atoms with Crippen molar-refractivity contribution < 1.29 is 9.84 Å². The molecule has 5 heteroatoms. The molecule has 1 N–H and O–H groups in total. The Bertz CT molecular complexity index is 737. The van der Waals surface area contributed by atoms with E-state index in [0.29, 0.717) is 12.4 Å². The van der Waals surface area contributed by atoms with Crippen molar-refractivity contribution in [3.05, 3.63) is 54.0 Å². The first-order valence-corrected chi connectivity index (χ1v) is 6.35. The first-order valence-electron chi connectivity index (χ1n) is 6.35. The van der Waals surface area contributed by atoms with Gasteiger partial charge in [-0.05, 0) is 18.2 Å². The zero-order valence-electron chi connectivity index (χ0n) is 11.2. The molecule has 0 spiro atoms. The summed E-state index contributed by atoms with van der Waals surface area (Å²) in [4.78, 5) is 8.78. The van der Waals surface area contributed by atoms with E-state index in [1.165, 1.54) is 0 Å². The molecule has 0 aliphatic carbocycles. The molecule has 20 heavy (non-hydrogen) atoms. The van der Waals surface area contributed by atoms with Gasteiger partial charge in [0.25, 0.3) is 0 Å². The summed E-state index contributed by atoms with van der Waals surface area (Å²) in [6, 6.07) is 9.50. The second-order valence-corrected chi connectivity index (χ2v) is 4.49. The maximum atomic E-state index is 9.42. The molecular weight excluding hydrogens is 254 g/mol. The summed E-state index contributed by atoms with van der Waals surface area (Å²) in [5.74, 6) is 0.592. The van der Waals surface area contributed by atoms with Crippen LogP contribution in [0.5, 0.6) is 5.88 Å². The Morgan fingerprint density at radius 2 is 2.15 bits per heavy atom. The number of fused-ring (bicyclic) bond motifs is 1. The van der Waals surface area contributed by atoms with Crippen LogP contribution >= 0.6 is 0 Å². The molecule has 0 saturated carbocycles. The third kappa shape index (κ3) is 2.23. The third-order valence-corrected chi connectivity index (χ3v) is 3.21. The predicted molar refractivity (Wildman–Crippen MR) is 75.5 cm³/mol. The smallest absolute Gasteiger partial charge is 0.213 e. The highest BCUT2D eigenvalue weighted by atomic mass is 16.5. The first kappa shape index (κ1) is 12.6. The predicted octanol–water partition coefficient (Wildman–Crippen LogP) is 1.98. The Morgan fingerprint density at radius 1 is 1.25 bits per heavy atom. The highest BCUT2D eigenvalue weighted by molar-refractivity contribution is 5.80. The van der Waals surface area contributed by atoms with Gasteiger partial charge in [0, 0.05) is 29.4 Å². The monoisotopic (exact) mass is 269 g/mol. The number of hydrogen-bond acceptors (Lipinski definition) is 4. The van der Waals surface area contributed by atoms with E-state index in [9.17, 15) is 5.11 Å². The zero-order valence-corrected chi connectivity index (χ0v) is 11.2. The van der Waals surface area contributed by atoms with Crippen molar-refractivity contribution in [2.75, 3.05) is 7.11 Å². The van der Waals surface area contributed by atoms with Crippen molar-refractivity contribution in [3.8, 4) is 5.88 Å². The molecule has 3 aromatic heterocycles. The molecule has 0 atom stereocenters. The summed E-state index contributed by atoms with van der Waals surface area (Å²) in [6.07, 6.45) is 3.66. The number of ether oxygens (including phenoxy) is 1. The molecule has 3 rings (SSSR count). The number of rotatable bonds is 4. The fourth-order valence-corrected chi connectivity index (χ4v) is 2.28. The summed E-state index contributed by atoms with van der Waals surface area (Å²) < 4.78 is 7.12. The summed E-state index contributed by atoms with van der Waals surface area (Å²) in [5.41, 5.74) is 2.61. The van der Waals surface area contributed by atoms with E-state index in [-0.39, 0.29) is 6.61 Å². The average molecular weight is 269 g/mol. The van der Waals surface area contributed by atoms with E-state index < -0.39 is 0 Å². The third-order valence-electron chi connectivity index (χ3n) is 3.21. The first-order chi connectivity index (χ1) is 9.81. The van der Waals surface area contributed by atoms with Gasteiger partial charge in [0.1, 0.15) is 5.65 Å². The Kier molecular flexibility index (Phi) is 3.35. The van der Waals surface area contributed by atoms with Crippen LogP contribution in [0.2, 0.25) is 0 Å². The Morgan fingerprint density at radius 3 is 2.95 bits per heavy atom. The molecule has 0 saturated heterocycles. The van der Waals surface area contributed by atoms with Gasteiger partial charge in [0.15, 0.2) is 0 Å². The van der Waals surface area contributed by atoms with E-state index in [4.69, 9.17) is 4.74 Å². The van der Waals surface area contributed by atoms with Crippen LogP contribution < -0.4 is 4.74 Å². The molecule has 102 valence electrons. The van der Waals surface area contributed by atoms with Crippen molar-refractivity contribution in [2.24, 2.45) is 0 Å². The number of aliphatic hydroxyl groups is 1. The lowest BCUT2D eigenvalue weighted by Crippen LogP contribution is -2.02. The molecule has 3 aromatic rings. The molecule has 0 amide bonds. The lowest BCUT2D eigenvalue weighted by Gasteiger charge is -2.05. The number of aliphatic hydroxyl groups excluding tert-OH is 1. The maximum absolute atomic E-state index is 9.42. The largest absolute Gasteiger partial charge is 0.481 e. The minimum Gasteiger partial charge on any atom is -0.481 e. The Hall–Kier alpha value is -2.40. The molecule has 0 unspecified atom stereocenters. The highest BCUT2D eigenvalue weighted by Crippen LogP contribution is 2.20. The topological polar surface area (TPSA) is 60.2 Å². The van der Waals surface area contributed by atoms with Gasteiger partial charge in [-0.15, -0.1) is 0 Å². The summed E-state index contributed by atoms with van der Waals surface area (Å²) in [7, 11) is 1.60. The van der Waals surface area contributed by atoms with Crippen molar-refractivity contribution >= 4 is 11.0 Å². The average Bonchev–Trinajstić information content (AvgIpc) is 2.86.